The highest BCUT2D eigenvalue weighted by molar-refractivity contribution is 7.08. The molecule has 1 aromatic heterocycles. The number of rotatable bonds is 9. The Balaban J connectivity index is 1.79. The Morgan fingerprint density at radius 3 is 2.58 bits per heavy atom. The smallest absolute Gasteiger partial charge is 0.307 e. The van der Waals surface area contributed by atoms with Crippen LogP contribution in [0.3, 0.4) is 0 Å². The fourth-order valence-electron chi connectivity index (χ4n) is 2.40. The minimum Gasteiger partial charge on any atom is -0.469 e. The SMILES string of the molecule is COC(=O)CC(NC(=O)CCCNC(=O)c1ccsc1)c1ccccc1. The van der Waals surface area contributed by atoms with Crippen molar-refractivity contribution in [1.29, 1.82) is 0 Å². The summed E-state index contributed by atoms with van der Waals surface area (Å²) in [6, 6.07) is 10.6. The fourth-order valence-corrected chi connectivity index (χ4v) is 3.04. The molecule has 138 valence electrons. The van der Waals surface area contributed by atoms with Crippen molar-refractivity contribution in [2.45, 2.75) is 25.3 Å². The number of hydrogen-bond acceptors (Lipinski definition) is 5. The Hall–Kier alpha value is -2.67. The third-order valence-corrected chi connectivity index (χ3v) is 4.47. The average Bonchev–Trinajstić information content (AvgIpc) is 3.20. The lowest BCUT2D eigenvalue weighted by atomic mass is 10.0. The highest BCUT2D eigenvalue weighted by atomic mass is 32.1. The van der Waals surface area contributed by atoms with E-state index in [9.17, 15) is 14.4 Å². The molecule has 2 amide bonds. The lowest BCUT2D eigenvalue weighted by Crippen LogP contribution is -2.31. The molecule has 1 atom stereocenters. The molecule has 26 heavy (non-hydrogen) atoms. The van der Waals surface area contributed by atoms with Gasteiger partial charge in [-0.25, -0.2) is 0 Å². The van der Waals surface area contributed by atoms with Crippen molar-refractivity contribution < 1.29 is 19.1 Å². The van der Waals surface area contributed by atoms with Crippen molar-refractivity contribution in [1.82, 2.24) is 10.6 Å². The lowest BCUT2D eigenvalue weighted by Gasteiger charge is -2.18. The Bertz CT molecular complexity index is 716. The summed E-state index contributed by atoms with van der Waals surface area (Å²) in [5, 5.41) is 9.26. The van der Waals surface area contributed by atoms with Crippen LogP contribution in [0.25, 0.3) is 0 Å². The van der Waals surface area contributed by atoms with Crippen LogP contribution >= 0.6 is 11.3 Å². The second-order valence-corrected chi connectivity index (χ2v) is 6.46. The molecule has 0 aliphatic carbocycles. The molecule has 1 aromatic carbocycles. The number of amides is 2. The summed E-state index contributed by atoms with van der Waals surface area (Å²) >= 11 is 1.46. The molecule has 1 unspecified atom stereocenters. The van der Waals surface area contributed by atoms with Gasteiger partial charge in [-0.05, 0) is 23.4 Å². The predicted molar refractivity (Wildman–Crippen MR) is 99.8 cm³/mol. The van der Waals surface area contributed by atoms with E-state index in [2.05, 4.69) is 10.6 Å². The molecule has 2 rings (SSSR count). The van der Waals surface area contributed by atoms with E-state index in [1.807, 2.05) is 35.7 Å². The molecule has 0 bridgehead atoms. The summed E-state index contributed by atoms with van der Waals surface area (Å²) in [6.45, 7) is 0.412. The Labute approximate surface area is 156 Å². The van der Waals surface area contributed by atoms with Gasteiger partial charge in [0.25, 0.3) is 5.91 Å². The highest BCUT2D eigenvalue weighted by Crippen LogP contribution is 2.17. The van der Waals surface area contributed by atoms with Crippen molar-refractivity contribution >= 4 is 29.1 Å². The molecule has 0 saturated heterocycles. The molecular formula is C19H22N2O4S. The van der Waals surface area contributed by atoms with Crippen LogP contribution in [0, 0.1) is 0 Å². The van der Waals surface area contributed by atoms with Crippen molar-refractivity contribution in [2.75, 3.05) is 13.7 Å². The molecule has 1 heterocycles. The van der Waals surface area contributed by atoms with Gasteiger partial charge in [0.2, 0.25) is 5.91 Å². The third kappa shape index (κ3) is 6.33. The highest BCUT2D eigenvalue weighted by Gasteiger charge is 2.18. The van der Waals surface area contributed by atoms with Gasteiger partial charge < -0.3 is 15.4 Å². The Kier molecular flexibility index (Phi) is 7.82. The number of carbonyl (C=O) groups is 3. The minimum atomic E-state index is -0.434. The topological polar surface area (TPSA) is 84.5 Å². The number of nitrogens with one attached hydrogen (secondary N) is 2. The number of carbonyl (C=O) groups excluding carboxylic acids is 3. The van der Waals surface area contributed by atoms with Gasteiger partial charge in [0.15, 0.2) is 0 Å². The van der Waals surface area contributed by atoms with Gasteiger partial charge in [-0.2, -0.15) is 11.3 Å². The first-order chi connectivity index (χ1) is 12.6. The van der Waals surface area contributed by atoms with Crippen LogP contribution < -0.4 is 10.6 Å². The van der Waals surface area contributed by atoms with Gasteiger partial charge in [-0.1, -0.05) is 30.3 Å². The summed E-state index contributed by atoms with van der Waals surface area (Å²) in [7, 11) is 1.32. The van der Waals surface area contributed by atoms with Crippen molar-refractivity contribution in [3.8, 4) is 0 Å². The van der Waals surface area contributed by atoms with Gasteiger partial charge >= 0.3 is 5.97 Å². The molecule has 2 aromatic rings. The van der Waals surface area contributed by atoms with E-state index in [4.69, 9.17) is 4.74 Å². The van der Waals surface area contributed by atoms with Crippen LogP contribution in [0.2, 0.25) is 0 Å². The van der Waals surface area contributed by atoms with Crippen LogP contribution in [-0.4, -0.2) is 31.4 Å². The number of ether oxygens (including phenoxy) is 1. The van der Waals surface area contributed by atoms with Crippen LogP contribution in [0.4, 0.5) is 0 Å². The number of methoxy groups -OCH3 is 1. The molecule has 0 radical (unpaired) electrons. The monoisotopic (exact) mass is 374 g/mol. The van der Waals surface area contributed by atoms with Crippen LogP contribution in [0.15, 0.2) is 47.2 Å². The van der Waals surface area contributed by atoms with E-state index in [1.165, 1.54) is 18.4 Å². The summed E-state index contributed by atoms with van der Waals surface area (Å²) in [4.78, 5) is 35.6. The molecule has 0 saturated carbocycles. The van der Waals surface area contributed by atoms with Gasteiger partial charge in [0, 0.05) is 23.9 Å². The van der Waals surface area contributed by atoms with Gasteiger partial charge in [-0.3, -0.25) is 14.4 Å². The summed E-state index contributed by atoms with van der Waals surface area (Å²) in [5.41, 5.74) is 1.47. The number of thiophene rings is 1. The summed E-state index contributed by atoms with van der Waals surface area (Å²) in [6.07, 6.45) is 0.844. The average molecular weight is 374 g/mol. The second-order valence-electron chi connectivity index (χ2n) is 5.68. The Morgan fingerprint density at radius 1 is 1.15 bits per heavy atom. The first kappa shape index (κ1) is 19.7. The zero-order valence-electron chi connectivity index (χ0n) is 14.6. The quantitative estimate of drug-likeness (QED) is 0.522. The van der Waals surface area contributed by atoms with Crippen LogP contribution in [0.1, 0.15) is 41.2 Å². The third-order valence-electron chi connectivity index (χ3n) is 3.79. The number of hydrogen-bond donors (Lipinski definition) is 2. The normalized spacial score (nSPS) is 11.4. The number of esters is 1. The zero-order chi connectivity index (χ0) is 18.8. The molecule has 0 aliphatic heterocycles. The molecule has 0 aliphatic rings. The molecule has 0 fully saturated rings. The molecule has 0 spiro atoms. The molecule has 7 heteroatoms. The maximum absolute atomic E-state index is 12.2. The number of benzene rings is 1. The van der Waals surface area contributed by atoms with Crippen LogP contribution in [0.5, 0.6) is 0 Å². The lowest BCUT2D eigenvalue weighted by molar-refractivity contribution is -0.141. The molecular weight excluding hydrogens is 352 g/mol. The summed E-state index contributed by atoms with van der Waals surface area (Å²) < 4.78 is 4.71. The van der Waals surface area contributed by atoms with E-state index in [1.54, 1.807) is 11.4 Å². The summed E-state index contributed by atoms with van der Waals surface area (Å²) in [5.74, 6) is -0.700. The van der Waals surface area contributed by atoms with Crippen molar-refractivity contribution in [3.05, 3.63) is 58.3 Å². The Morgan fingerprint density at radius 2 is 1.92 bits per heavy atom. The zero-order valence-corrected chi connectivity index (χ0v) is 15.4. The largest absolute Gasteiger partial charge is 0.469 e. The molecule has 6 nitrogen and oxygen atoms in total. The van der Waals surface area contributed by atoms with Gasteiger partial charge in [-0.15, -0.1) is 0 Å². The standard InChI is InChI=1S/C19H22N2O4S/c1-25-18(23)12-16(14-6-3-2-4-7-14)21-17(22)8-5-10-20-19(24)15-9-11-26-13-15/h2-4,6-7,9,11,13,16H,5,8,10,12H2,1H3,(H,20,24)(H,21,22). The van der Waals surface area contributed by atoms with E-state index in [0.717, 1.165) is 5.56 Å². The minimum absolute atomic E-state index is 0.0706. The van der Waals surface area contributed by atoms with E-state index in [-0.39, 0.29) is 30.6 Å². The van der Waals surface area contributed by atoms with Crippen LogP contribution in [-0.2, 0) is 14.3 Å². The maximum atomic E-state index is 12.2. The van der Waals surface area contributed by atoms with Gasteiger partial charge in [0.1, 0.15) is 0 Å². The first-order valence-electron chi connectivity index (χ1n) is 8.31. The fraction of sp³-hybridized carbons (Fsp3) is 0.316. The van der Waals surface area contributed by atoms with E-state index < -0.39 is 6.04 Å². The second kappa shape index (κ2) is 10.4. The predicted octanol–water partition coefficient (Wildman–Crippen LogP) is 2.68. The van der Waals surface area contributed by atoms with E-state index >= 15 is 0 Å². The van der Waals surface area contributed by atoms with Gasteiger partial charge in [0.05, 0.1) is 19.6 Å². The molecule has 2 N–H and O–H groups in total. The first-order valence-corrected chi connectivity index (χ1v) is 9.26. The van der Waals surface area contributed by atoms with Crippen molar-refractivity contribution in [3.63, 3.8) is 0 Å². The van der Waals surface area contributed by atoms with E-state index in [0.29, 0.717) is 18.5 Å². The maximum Gasteiger partial charge on any atom is 0.307 e. The van der Waals surface area contributed by atoms with Crippen molar-refractivity contribution in [2.24, 2.45) is 0 Å².